The van der Waals surface area contributed by atoms with E-state index in [9.17, 15) is 9.90 Å². The first-order valence-electron chi connectivity index (χ1n) is 6.50. The van der Waals surface area contributed by atoms with E-state index >= 15 is 0 Å². The van der Waals surface area contributed by atoms with E-state index in [1.165, 1.54) is 0 Å². The molecule has 0 spiro atoms. The van der Waals surface area contributed by atoms with Gasteiger partial charge in [-0.25, -0.2) is 0 Å². The fraction of sp³-hybridized carbons (Fsp3) is 0.500. The summed E-state index contributed by atoms with van der Waals surface area (Å²) in [5.41, 5.74) is 0.577. The van der Waals surface area contributed by atoms with Gasteiger partial charge in [-0.3, -0.25) is 4.79 Å². The van der Waals surface area contributed by atoms with Crippen LogP contribution in [-0.4, -0.2) is 35.1 Å². The Hall–Kier alpha value is -0.580. The van der Waals surface area contributed by atoms with Gasteiger partial charge in [-0.15, -0.1) is 0 Å². The number of aliphatic hydroxyl groups is 1. The molecule has 3 nitrogen and oxygen atoms in total. The second-order valence-corrected chi connectivity index (χ2v) is 6.07. The second kappa shape index (κ2) is 6.73. The number of carbonyl (C=O) groups excluding carboxylic acids is 1. The van der Waals surface area contributed by atoms with E-state index in [4.69, 9.17) is 11.6 Å². The maximum absolute atomic E-state index is 12.5. The van der Waals surface area contributed by atoms with Gasteiger partial charge >= 0.3 is 0 Å². The summed E-state index contributed by atoms with van der Waals surface area (Å²) in [4.78, 5) is 14.3. The van der Waals surface area contributed by atoms with Crippen LogP contribution in [-0.2, 0) is 0 Å². The largest absolute Gasteiger partial charge is 0.394 e. The summed E-state index contributed by atoms with van der Waals surface area (Å²) < 4.78 is 0.778. The van der Waals surface area contributed by atoms with Crippen LogP contribution < -0.4 is 0 Å². The molecule has 1 fully saturated rings. The average Bonchev–Trinajstić information content (AvgIpc) is 2.66. The van der Waals surface area contributed by atoms with Crippen LogP contribution in [0.25, 0.3) is 0 Å². The highest BCUT2D eigenvalue weighted by Crippen LogP contribution is 2.25. The number of aliphatic hydroxyl groups excluding tert-OH is 1. The van der Waals surface area contributed by atoms with Crippen LogP contribution in [0.15, 0.2) is 22.7 Å². The Morgan fingerprint density at radius 3 is 2.89 bits per heavy atom. The third kappa shape index (κ3) is 3.50. The molecule has 2 rings (SSSR count). The number of hydrogen-bond donors (Lipinski definition) is 1. The van der Waals surface area contributed by atoms with Gasteiger partial charge in [0, 0.05) is 16.6 Å². The van der Waals surface area contributed by atoms with E-state index < -0.39 is 0 Å². The summed E-state index contributed by atoms with van der Waals surface area (Å²) in [6.45, 7) is 0.730. The summed E-state index contributed by atoms with van der Waals surface area (Å²) in [7, 11) is 0. The van der Waals surface area contributed by atoms with Crippen molar-refractivity contribution >= 4 is 33.4 Å². The summed E-state index contributed by atoms with van der Waals surface area (Å²) in [6.07, 6.45) is 4.04. The molecule has 104 valence electrons. The van der Waals surface area contributed by atoms with E-state index in [1.807, 2.05) is 0 Å². The van der Waals surface area contributed by atoms with Crippen molar-refractivity contribution in [3.05, 3.63) is 33.3 Å². The second-order valence-electron chi connectivity index (χ2n) is 4.81. The Labute approximate surface area is 126 Å². The standard InChI is InChI=1S/C14H17BrClNO2/c15-12-6-5-10(8-13(12)16)14(19)17-7-3-1-2-4-11(17)9-18/h5-6,8,11,18H,1-4,7,9H2. The van der Waals surface area contributed by atoms with Gasteiger partial charge in [0.15, 0.2) is 0 Å². The Bertz CT molecular complexity index is 467. The van der Waals surface area contributed by atoms with E-state index in [1.54, 1.807) is 23.1 Å². The topological polar surface area (TPSA) is 40.5 Å². The molecule has 0 aromatic heterocycles. The van der Waals surface area contributed by atoms with Crippen molar-refractivity contribution in [2.75, 3.05) is 13.2 Å². The van der Waals surface area contributed by atoms with E-state index in [0.29, 0.717) is 17.1 Å². The lowest BCUT2D eigenvalue weighted by molar-refractivity contribution is 0.0600. The molecule has 1 N–H and O–H groups in total. The molecule has 19 heavy (non-hydrogen) atoms. The predicted octanol–water partition coefficient (Wildman–Crippen LogP) is 3.48. The van der Waals surface area contributed by atoms with Crippen LogP contribution in [0.1, 0.15) is 36.0 Å². The normalized spacial score (nSPS) is 20.2. The number of hydrogen-bond acceptors (Lipinski definition) is 2. The summed E-state index contributed by atoms with van der Waals surface area (Å²) >= 11 is 9.35. The van der Waals surface area contributed by atoms with Crippen molar-refractivity contribution in [1.29, 1.82) is 0 Å². The van der Waals surface area contributed by atoms with Gasteiger partial charge in [-0.2, -0.15) is 0 Å². The Morgan fingerprint density at radius 2 is 2.21 bits per heavy atom. The first-order valence-corrected chi connectivity index (χ1v) is 7.67. The van der Waals surface area contributed by atoms with E-state index in [0.717, 1.165) is 30.2 Å². The van der Waals surface area contributed by atoms with Crippen LogP contribution in [0, 0.1) is 0 Å². The minimum atomic E-state index is -0.0718. The summed E-state index contributed by atoms with van der Waals surface area (Å²) in [5.74, 6) is -0.0460. The predicted molar refractivity (Wildman–Crippen MR) is 79.5 cm³/mol. The first kappa shape index (κ1) is 14.8. The maximum atomic E-state index is 12.5. The van der Waals surface area contributed by atoms with Crippen LogP contribution in [0.4, 0.5) is 0 Å². The number of carbonyl (C=O) groups is 1. The molecule has 1 aromatic carbocycles. The number of benzene rings is 1. The highest BCUT2D eigenvalue weighted by Gasteiger charge is 2.25. The molecule has 1 aliphatic heterocycles. The number of likely N-dealkylation sites (tertiary alicyclic amines) is 1. The monoisotopic (exact) mass is 345 g/mol. The van der Waals surface area contributed by atoms with Gasteiger partial charge in [-0.05, 0) is 47.0 Å². The lowest BCUT2D eigenvalue weighted by Crippen LogP contribution is -2.42. The third-order valence-electron chi connectivity index (χ3n) is 3.52. The first-order chi connectivity index (χ1) is 9.13. The van der Waals surface area contributed by atoms with Crippen LogP contribution >= 0.6 is 27.5 Å². The van der Waals surface area contributed by atoms with Crippen molar-refractivity contribution in [3.8, 4) is 0 Å². The van der Waals surface area contributed by atoms with Gasteiger partial charge < -0.3 is 10.0 Å². The molecule has 1 aliphatic rings. The number of nitrogens with zero attached hydrogens (tertiary/aromatic N) is 1. The third-order valence-corrected chi connectivity index (χ3v) is 4.75. The molecular weight excluding hydrogens is 330 g/mol. The van der Waals surface area contributed by atoms with Gasteiger partial charge in [0.1, 0.15) is 0 Å². The van der Waals surface area contributed by atoms with Crippen LogP contribution in [0.5, 0.6) is 0 Å². The van der Waals surface area contributed by atoms with Gasteiger partial charge in [0.05, 0.1) is 17.7 Å². The lowest BCUT2D eigenvalue weighted by Gasteiger charge is -2.28. The molecule has 0 radical (unpaired) electrons. The van der Waals surface area contributed by atoms with Crippen molar-refractivity contribution in [2.45, 2.75) is 31.7 Å². The quantitative estimate of drug-likeness (QED) is 0.890. The smallest absolute Gasteiger partial charge is 0.254 e. The number of halogens is 2. The zero-order chi connectivity index (χ0) is 13.8. The molecule has 1 amide bonds. The molecule has 1 saturated heterocycles. The van der Waals surface area contributed by atoms with Gasteiger partial charge in [-0.1, -0.05) is 24.4 Å². The molecule has 0 saturated carbocycles. The fourth-order valence-electron chi connectivity index (χ4n) is 2.43. The minimum Gasteiger partial charge on any atom is -0.394 e. The molecule has 5 heteroatoms. The molecular formula is C14H17BrClNO2. The summed E-state index contributed by atoms with van der Waals surface area (Å²) in [5, 5.41) is 9.98. The molecule has 0 aliphatic carbocycles. The number of rotatable bonds is 2. The van der Waals surface area contributed by atoms with Crippen molar-refractivity contribution in [3.63, 3.8) is 0 Å². The SMILES string of the molecule is O=C(c1ccc(Br)c(Cl)c1)N1CCCCCC1CO. The summed E-state index contributed by atoms with van der Waals surface area (Å²) in [6, 6.07) is 5.14. The zero-order valence-electron chi connectivity index (χ0n) is 10.6. The van der Waals surface area contributed by atoms with Gasteiger partial charge in [0.2, 0.25) is 0 Å². The van der Waals surface area contributed by atoms with E-state index in [-0.39, 0.29) is 18.6 Å². The van der Waals surface area contributed by atoms with Crippen molar-refractivity contribution < 1.29 is 9.90 Å². The number of amides is 1. The van der Waals surface area contributed by atoms with Crippen LogP contribution in [0.3, 0.4) is 0 Å². The average molecular weight is 347 g/mol. The van der Waals surface area contributed by atoms with Crippen LogP contribution in [0.2, 0.25) is 5.02 Å². The van der Waals surface area contributed by atoms with Gasteiger partial charge in [0.25, 0.3) is 5.91 Å². The fourth-order valence-corrected chi connectivity index (χ4v) is 2.86. The lowest BCUT2D eigenvalue weighted by atomic mass is 10.1. The molecule has 1 heterocycles. The highest BCUT2D eigenvalue weighted by molar-refractivity contribution is 9.10. The Morgan fingerprint density at radius 1 is 1.42 bits per heavy atom. The maximum Gasteiger partial charge on any atom is 0.254 e. The van der Waals surface area contributed by atoms with Crippen molar-refractivity contribution in [1.82, 2.24) is 4.90 Å². The molecule has 1 atom stereocenters. The molecule has 1 unspecified atom stereocenters. The Kier molecular flexibility index (Phi) is 5.25. The minimum absolute atomic E-state index is 0.0238. The Balaban J connectivity index is 2.22. The molecule has 1 aromatic rings. The van der Waals surface area contributed by atoms with Crippen molar-refractivity contribution in [2.24, 2.45) is 0 Å². The molecule has 0 bridgehead atoms. The van der Waals surface area contributed by atoms with E-state index in [2.05, 4.69) is 15.9 Å². The highest BCUT2D eigenvalue weighted by atomic mass is 79.9. The zero-order valence-corrected chi connectivity index (χ0v) is 13.0.